The van der Waals surface area contributed by atoms with Crippen molar-refractivity contribution in [2.24, 2.45) is 0 Å². The lowest BCUT2D eigenvalue weighted by Gasteiger charge is -2.02. The Morgan fingerprint density at radius 3 is 2.47 bits per heavy atom. The van der Waals surface area contributed by atoms with E-state index in [4.69, 9.17) is 11.6 Å². The molecule has 2 aromatic rings. The fourth-order valence-electron chi connectivity index (χ4n) is 1.86. The minimum Gasteiger partial charge on any atom is -0.299 e. The highest BCUT2D eigenvalue weighted by atomic mass is 35.5. The van der Waals surface area contributed by atoms with Crippen LogP contribution in [0.3, 0.4) is 0 Å². The molecule has 0 amide bonds. The molecule has 4 heteroatoms. The minimum atomic E-state index is 0.0526. The van der Waals surface area contributed by atoms with Gasteiger partial charge in [-0.1, -0.05) is 30.7 Å². The van der Waals surface area contributed by atoms with Crippen molar-refractivity contribution >= 4 is 11.6 Å². The second kappa shape index (κ2) is 4.80. The highest BCUT2D eigenvalue weighted by Crippen LogP contribution is 2.10. The fraction of sp³-hybridized carbons (Fsp3) is 0.308. The van der Waals surface area contributed by atoms with Crippen molar-refractivity contribution in [3.63, 3.8) is 0 Å². The van der Waals surface area contributed by atoms with Crippen molar-refractivity contribution in [3.8, 4) is 0 Å². The zero-order valence-corrected chi connectivity index (χ0v) is 10.7. The van der Waals surface area contributed by atoms with E-state index in [0.717, 1.165) is 23.2 Å². The summed E-state index contributed by atoms with van der Waals surface area (Å²) in [6, 6.07) is 7.52. The Morgan fingerprint density at radius 2 is 1.94 bits per heavy atom. The van der Waals surface area contributed by atoms with E-state index in [1.54, 1.807) is 4.68 Å². The summed E-state index contributed by atoms with van der Waals surface area (Å²) in [5.74, 6) is 0. The SMILES string of the molecule is CCc1[nH]n(Cc2ccc(Cl)cc2)c(=O)c1C. The van der Waals surface area contributed by atoms with Gasteiger partial charge in [-0.05, 0) is 31.0 Å². The fourth-order valence-corrected chi connectivity index (χ4v) is 1.98. The molecule has 0 saturated heterocycles. The highest BCUT2D eigenvalue weighted by molar-refractivity contribution is 6.30. The van der Waals surface area contributed by atoms with Crippen LogP contribution < -0.4 is 5.56 Å². The van der Waals surface area contributed by atoms with Gasteiger partial charge in [0.2, 0.25) is 0 Å². The summed E-state index contributed by atoms with van der Waals surface area (Å²) in [6.45, 7) is 4.44. The Morgan fingerprint density at radius 1 is 1.29 bits per heavy atom. The third-order valence-corrected chi connectivity index (χ3v) is 3.15. The maximum Gasteiger partial charge on any atom is 0.269 e. The maximum atomic E-state index is 11.9. The van der Waals surface area contributed by atoms with Gasteiger partial charge in [0.25, 0.3) is 5.56 Å². The molecule has 1 heterocycles. The summed E-state index contributed by atoms with van der Waals surface area (Å²) in [5, 5.41) is 3.84. The van der Waals surface area contributed by atoms with E-state index >= 15 is 0 Å². The molecule has 17 heavy (non-hydrogen) atoms. The van der Waals surface area contributed by atoms with Gasteiger partial charge >= 0.3 is 0 Å². The third kappa shape index (κ3) is 2.44. The molecule has 1 aromatic carbocycles. The number of aryl methyl sites for hydroxylation is 1. The van der Waals surface area contributed by atoms with Crippen LogP contribution in [0, 0.1) is 6.92 Å². The molecular formula is C13H15ClN2O. The quantitative estimate of drug-likeness (QED) is 0.894. The molecule has 0 aliphatic heterocycles. The zero-order valence-electron chi connectivity index (χ0n) is 9.96. The normalized spacial score (nSPS) is 10.8. The van der Waals surface area contributed by atoms with Crippen LogP contribution in [-0.2, 0) is 13.0 Å². The first-order chi connectivity index (χ1) is 8.11. The van der Waals surface area contributed by atoms with Crippen LogP contribution in [0.4, 0.5) is 0 Å². The van der Waals surface area contributed by atoms with E-state index in [1.165, 1.54) is 0 Å². The number of benzene rings is 1. The first kappa shape index (κ1) is 12.0. The Hall–Kier alpha value is -1.48. The van der Waals surface area contributed by atoms with E-state index < -0.39 is 0 Å². The van der Waals surface area contributed by atoms with Crippen LogP contribution in [0.1, 0.15) is 23.7 Å². The topological polar surface area (TPSA) is 37.8 Å². The molecule has 1 N–H and O–H groups in total. The van der Waals surface area contributed by atoms with Crippen LogP contribution in [0.25, 0.3) is 0 Å². The Balaban J connectivity index is 2.30. The van der Waals surface area contributed by atoms with Gasteiger partial charge in [0.05, 0.1) is 6.54 Å². The van der Waals surface area contributed by atoms with Gasteiger partial charge in [-0.2, -0.15) is 0 Å². The van der Waals surface area contributed by atoms with Crippen LogP contribution in [0.5, 0.6) is 0 Å². The van der Waals surface area contributed by atoms with Crippen LogP contribution in [-0.4, -0.2) is 9.78 Å². The molecular weight excluding hydrogens is 236 g/mol. The summed E-state index contributed by atoms with van der Waals surface area (Å²) in [6.07, 6.45) is 0.842. The number of hydrogen-bond acceptors (Lipinski definition) is 1. The monoisotopic (exact) mass is 250 g/mol. The number of aromatic nitrogens is 2. The molecule has 90 valence electrons. The van der Waals surface area contributed by atoms with E-state index in [0.29, 0.717) is 11.6 Å². The average molecular weight is 251 g/mol. The molecule has 0 unspecified atom stereocenters. The average Bonchev–Trinajstić information content (AvgIpc) is 2.60. The molecule has 0 bridgehead atoms. The predicted octanol–water partition coefficient (Wildman–Crippen LogP) is 2.75. The maximum absolute atomic E-state index is 11.9. The molecule has 0 fully saturated rings. The van der Waals surface area contributed by atoms with E-state index in [1.807, 2.05) is 38.1 Å². The Bertz CT molecular complexity index is 566. The smallest absolute Gasteiger partial charge is 0.269 e. The summed E-state index contributed by atoms with van der Waals surface area (Å²) < 4.78 is 1.64. The lowest BCUT2D eigenvalue weighted by Crippen LogP contribution is -2.18. The van der Waals surface area contributed by atoms with Gasteiger partial charge < -0.3 is 0 Å². The molecule has 0 radical (unpaired) electrons. The van der Waals surface area contributed by atoms with Gasteiger partial charge in [-0.25, -0.2) is 4.68 Å². The summed E-state index contributed by atoms with van der Waals surface area (Å²) in [5.41, 5.74) is 2.92. The summed E-state index contributed by atoms with van der Waals surface area (Å²) in [7, 11) is 0. The van der Waals surface area contributed by atoms with Crippen LogP contribution in [0.2, 0.25) is 5.02 Å². The Kier molecular flexibility index (Phi) is 3.38. The number of nitrogens with zero attached hydrogens (tertiary/aromatic N) is 1. The van der Waals surface area contributed by atoms with Crippen molar-refractivity contribution < 1.29 is 0 Å². The highest BCUT2D eigenvalue weighted by Gasteiger charge is 2.08. The van der Waals surface area contributed by atoms with Crippen molar-refractivity contribution in [1.29, 1.82) is 0 Å². The summed E-state index contributed by atoms with van der Waals surface area (Å²) >= 11 is 5.82. The predicted molar refractivity (Wildman–Crippen MR) is 69.7 cm³/mol. The number of hydrogen-bond donors (Lipinski definition) is 1. The lowest BCUT2D eigenvalue weighted by atomic mass is 10.2. The lowest BCUT2D eigenvalue weighted by molar-refractivity contribution is 0.652. The van der Waals surface area contributed by atoms with E-state index in [9.17, 15) is 4.79 Å². The third-order valence-electron chi connectivity index (χ3n) is 2.90. The molecule has 0 aliphatic carbocycles. The molecule has 0 aliphatic rings. The standard InChI is InChI=1S/C13H15ClN2O/c1-3-12-9(2)13(17)16(15-12)8-10-4-6-11(14)7-5-10/h4-7,15H,3,8H2,1-2H3. The largest absolute Gasteiger partial charge is 0.299 e. The van der Waals surface area contributed by atoms with Gasteiger partial charge in [0, 0.05) is 16.3 Å². The number of halogens is 1. The second-order valence-electron chi connectivity index (χ2n) is 4.09. The molecule has 0 saturated carbocycles. The molecule has 1 aromatic heterocycles. The van der Waals surface area contributed by atoms with E-state index in [-0.39, 0.29) is 5.56 Å². The number of aromatic amines is 1. The molecule has 0 atom stereocenters. The van der Waals surface area contributed by atoms with Gasteiger partial charge in [0.1, 0.15) is 0 Å². The second-order valence-corrected chi connectivity index (χ2v) is 4.52. The number of H-pyrrole nitrogens is 1. The molecule has 3 nitrogen and oxygen atoms in total. The molecule has 2 rings (SSSR count). The summed E-state index contributed by atoms with van der Waals surface area (Å²) in [4.78, 5) is 11.9. The van der Waals surface area contributed by atoms with Gasteiger partial charge in [-0.3, -0.25) is 9.89 Å². The minimum absolute atomic E-state index is 0.0526. The number of nitrogens with one attached hydrogen (secondary N) is 1. The van der Waals surface area contributed by atoms with Crippen molar-refractivity contribution in [2.75, 3.05) is 0 Å². The zero-order chi connectivity index (χ0) is 12.4. The van der Waals surface area contributed by atoms with Crippen molar-refractivity contribution in [3.05, 3.63) is 56.5 Å². The van der Waals surface area contributed by atoms with Gasteiger partial charge in [-0.15, -0.1) is 0 Å². The van der Waals surface area contributed by atoms with Crippen molar-refractivity contribution in [2.45, 2.75) is 26.8 Å². The van der Waals surface area contributed by atoms with E-state index in [2.05, 4.69) is 5.10 Å². The molecule has 0 spiro atoms. The first-order valence-electron chi connectivity index (χ1n) is 5.64. The van der Waals surface area contributed by atoms with Gasteiger partial charge in [0.15, 0.2) is 0 Å². The van der Waals surface area contributed by atoms with Crippen LogP contribution in [0.15, 0.2) is 29.1 Å². The Labute approximate surface area is 105 Å². The number of rotatable bonds is 3. The van der Waals surface area contributed by atoms with Crippen molar-refractivity contribution in [1.82, 2.24) is 9.78 Å². The van der Waals surface area contributed by atoms with Crippen LogP contribution >= 0.6 is 11.6 Å². The first-order valence-corrected chi connectivity index (χ1v) is 6.02.